The van der Waals surface area contributed by atoms with Crippen molar-refractivity contribution >= 4 is 11.5 Å². The number of anilines is 2. The van der Waals surface area contributed by atoms with Crippen molar-refractivity contribution < 1.29 is 4.74 Å². The van der Waals surface area contributed by atoms with Gasteiger partial charge in [-0.2, -0.15) is 0 Å². The van der Waals surface area contributed by atoms with Gasteiger partial charge in [-0.1, -0.05) is 19.4 Å². The topological polar surface area (TPSA) is 64.3 Å². The highest BCUT2D eigenvalue weighted by molar-refractivity contribution is 5.51. The lowest BCUT2D eigenvalue weighted by atomic mass is 10.2. The molecule has 0 fully saturated rings. The molecule has 2 rings (SSSR count). The van der Waals surface area contributed by atoms with E-state index in [0.717, 1.165) is 29.8 Å². The fraction of sp³-hybridized carbons (Fsp3) is 0.333. The van der Waals surface area contributed by atoms with Gasteiger partial charge in [-0.25, -0.2) is 9.97 Å². The quantitative estimate of drug-likeness (QED) is 0.906. The summed E-state index contributed by atoms with van der Waals surface area (Å²) in [4.78, 5) is 10.2. The first kappa shape index (κ1) is 14.1. The maximum Gasteiger partial charge on any atom is 0.227 e. The maximum absolute atomic E-state index is 5.90. The van der Waals surface area contributed by atoms with E-state index in [9.17, 15) is 0 Å². The Balaban J connectivity index is 2.30. The summed E-state index contributed by atoms with van der Waals surface area (Å²) in [6, 6.07) is 7.85. The van der Waals surface area contributed by atoms with Crippen molar-refractivity contribution in [1.29, 1.82) is 0 Å². The van der Waals surface area contributed by atoms with Crippen molar-refractivity contribution in [2.24, 2.45) is 0 Å². The van der Waals surface area contributed by atoms with Crippen LogP contribution in [0, 0.1) is 0 Å². The number of hydrogen-bond donors (Lipinski definition) is 1. The molecular formula is C15H20N4O. The second-order valence-electron chi connectivity index (χ2n) is 4.79. The van der Waals surface area contributed by atoms with E-state index >= 15 is 0 Å². The minimum Gasteiger partial charge on any atom is -0.438 e. The number of aromatic nitrogens is 2. The first-order valence-corrected chi connectivity index (χ1v) is 6.66. The molecule has 0 saturated carbocycles. The van der Waals surface area contributed by atoms with Gasteiger partial charge < -0.3 is 15.4 Å². The third-order valence-electron chi connectivity index (χ3n) is 2.99. The van der Waals surface area contributed by atoms with Crippen LogP contribution in [0.4, 0.5) is 11.5 Å². The minimum atomic E-state index is 0.487. The predicted molar refractivity (Wildman–Crippen MR) is 81.3 cm³/mol. The Kier molecular flexibility index (Phi) is 4.40. The van der Waals surface area contributed by atoms with Crippen molar-refractivity contribution in [2.75, 3.05) is 24.7 Å². The third-order valence-corrected chi connectivity index (χ3v) is 2.99. The molecule has 0 radical (unpaired) electrons. The van der Waals surface area contributed by atoms with Crippen molar-refractivity contribution in [3.63, 3.8) is 0 Å². The normalized spacial score (nSPS) is 10.3. The van der Waals surface area contributed by atoms with Gasteiger partial charge in [0.05, 0.1) is 5.56 Å². The lowest BCUT2D eigenvalue weighted by molar-refractivity contribution is 0.454. The molecule has 0 spiro atoms. The molecule has 2 aromatic rings. The molecule has 20 heavy (non-hydrogen) atoms. The van der Waals surface area contributed by atoms with Crippen LogP contribution in [0.15, 0.2) is 30.6 Å². The van der Waals surface area contributed by atoms with Crippen molar-refractivity contribution in [1.82, 2.24) is 9.97 Å². The molecule has 0 saturated heterocycles. The molecule has 0 bridgehead atoms. The summed E-state index contributed by atoms with van der Waals surface area (Å²) in [7, 11) is 3.98. The molecule has 106 valence electrons. The molecule has 1 heterocycles. The Morgan fingerprint density at radius 3 is 2.75 bits per heavy atom. The summed E-state index contributed by atoms with van der Waals surface area (Å²) in [5.74, 6) is 1.77. The van der Waals surface area contributed by atoms with Gasteiger partial charge in [0.15, 0.2) is 0 Å². The second kappa shape index (κ2) is 6.23. The highest BCUT2D eigenvalue weighted by atomic mass is 16.5. The second-order valence-corrected chi connectivity index (χ2v) is 4.79. The zero-order valence-electron chi connectivity index (χ0n) is 12.1. The highest BCUT2D eigenvalue weighted by Crippen LogP contribution is 2.28. The molecule has 0 aliphatic carbocycles. The van der Waals surface area contributed by atoms with E-state index in [1.165, 1.54) is 6.33 Å². The fourth-order valence-electron chi connectivity index (χ4n) is 1.92. The van der Waals surface area contributed by atoms with Gasteiger partial charge in [0.25, 0.3) is 0 Å². The maximum atomic E-state index is 5.90. The van der Waals surface area contributed by atoms with Gasteiger partial charge >= 0.3 is 0 Å². The zero-order chi connectivity index (χ0) is 14.5. The molecule has 5 nitrogen and oxygen atoms in total. The average Bonchev–Trinajstić information content (AvgIpc) is 2.43. The molecule has 0 unspecified atom stereocenters. The molecule has 0 aliphatic heterocycles. The average molecular weight is 272 g/mol. The summed E-state index contributed by atoms with van der Waals surface area (Å²) in [6.45, 7) is 2.09. The molecule has 0 amide bonds. The lowest BCUT2D eigenvalue weighted by Crippen LogP contribution is -2.08. The summed E-state index contributed by atoms with van der Waals surface area (Å²) in [5, 5.41) is 0. The minimum absolute atomic E-state index is 0.487. The number of nitrogen functional groups attached to an aromatic ring is 1. The first-order chi connectivity index (χ1) is 9.61. The summed E-state index contributed by atoms with van der Waals surface area (Å²) in [6.07, 6.45) is 3.20. The standard InChI is InChI=1S/C15H20N4O/c1-4-6-13-14(16)17-10-18-15(13)20-12-8-5-7-11(9-12)19(2)3/h5,7-10H,4,6H2,1-3H3,(H2,16,17,18). The van der Waals surface area contributed by atoms with Crippen LogP contribution in [0.2, 0.25) is 0 Å². The Morgan fingerprint density at radius 1 is 1.25 bits per heavy atom. The van der Waals surface area contributed by atoms with Crippen molar-refractivity contribution in [3.05, 3.63) is 36.2 Å². The van der Waals surface area contributed by atoms with E-state index in [0.29, 0.717) is 11.7 Å². The molecule has 0 atom stereocenters. The van der Waals surface area contributed by atoms with E-state index in [4.69, 9.17) is 10.5 Å². The Bertz CT molecular complexity index is 584. The van der Waals surface area contributed by atoms with Gasteiger partial charge in [0.1, 0.15) is 17.9 Å². The molecule has 1 aromatic carbocycles. The first-order valence-electron chi connectivity index (χ1n) is 6.66. The Morgan fingerprint density at radius 2 is 2.05 bits per heavy atom. The molecule has 1 aromatic heterocycles. The van der Waals surface area contributed by atoms with Crippen LogP contribution in [0.3, 0.4) is 0 Å². The lowest BCUT2D eigenvalue weighted by Gasteiger charge is -2.15. The van der Waals surface area contributed by atoms with Gasteiger partial charge in [0, 0.05) is 25.8 Å². The summed E-state index contributed by atoms with van der Waals surface area (Å²) in [5.41, 5.74) is 7.84. The zero-order valence-corrected chi connectivity index (χ0v) is 12.1. The van der Waals surface area contributed by atoms with Crippen LogP contribution in [-0.4, -0.2) is 24.1 Å². The van der Waals surface area contributed by atoms with Crippen molar-refractivity contribution in [2.45, 2.75) is 19.8 Å². The van der Waals surface area contributed by atoms with Crippen LogP contribution in [0.5, 0.6) is 11.6 Å². The van der Waals surface area contributed by atoms with E-state index in [2.05, 4.69) is 16.9 Å². The number of hydrogen-bond acceptors (Lipinski definition) is 5. The van der Waals surface area contributed by atoms with Crippen LogP contribution in [0.1, 0.15) is 18.9 Å². The Hall–Kier alpha value is -2.30. The summed E-state index contributed by atoms with van der Waals surface area (Å²) >= 11 is 0. The summed E-state index contributed by atoms with van der Waals surface area (Å²) < 4.78 is 5.88. The van der Waals surface area contributed by atoms with E-state index < -0.39 is 0 Å². The fourth-order valence-corrected chi connectivity index (χ4v) is 1.92. The van der Waals surface area contributed by atoms with Gasteiger partial charge in [-0.3, -0.25) is 0 Å². The number of ether oxygens (including phenoxy) is 1. The van der Waals surface area contributed by atoms with Crippen molar-refractivity contribution in [3.8, 4) is 11.6 Å². The van der Waals surface area contributed by atoms with Crippen LogP contribution in [-0.2, 0) is 6.42 Å². The van der Waals surface area contributed by atoms with Gasteiger partial charge in [-0.15, -0.1) is 0 Å². The molecule has 5 heteroatoms. The largest absolute Gasteiger partial charge is 0.438 e. The van der Waals surface area contributed by atoms with Gasteiger partial charge in [-0.05, 0) is 18.6 Å². The predicted octanol–water partition coefficient (Wildman–Crippen LogP) is 2.87. The van der Waals surface area contributed by atoms with Crippen LogP contribution in [0.25, 0.3) is 0 Å². The SMILES string of the molecule is CCCc1c(N)ncnc1Oc1cccc(N(C)C)c1. The van der Waals surface area contributed by atoms with Crippen LogP contribution < -0.4 is 15.4 Å². The van der Waals surface area contributed by atoms with Crippen LogP contribution >= 0.6 is 0 Å². The van der Waals surface area contributed by atoms with Gasteiger partial charge in [0.2, 0.25) is 5.88 Å². The smallest absolute Gasteiger partial charge is 0.227 e. The van der Waals surface area contributed by atoms with E-state index in [-0.39, 0.29) is 0 Å². The molecular weight excluding hydrogens is 252 g/mol. The highest BCUT2D eigenvalue weighted by Gasteiger charge is 2.11. The molecule has 0 aliphatic rings. The number of nitrogens with zero attached hydrogens (tertiary/aromatic N) is 3. The number of nitrogens with two attached hydrogens (primary N) is 1. The third kappa shape index (κ3) is 3.17. The monoisotopic (exact) mass is 272 g/mol. The molecule has 2 N–H and O–H groups in total. The number of benzene rings is 1. The van der Waals surface area contributed by atoms with E-state index in [1.54, 1.807) is 0 Å². The Labute approximate surface area is 119 Å². The number of rotatable bonds is 5. The van der Waals surface area contributed by atoms with E-state index in [1.807, 2.05) is 43.3 Å².